The van der Waals surface area contributed by atoms with Crippen LogP contribution >= 0.6 is 0 Å². The van der Waals surface area contributed by atoms with E-state index in [0.717, 1.165) is 12.8 Å². The van der Waals surface area contributed by atoms with Crippen molar-refractivity contribution in [3.8, 4) is 0 Å². The Bertz CT molecular complexity index is 530. The summed E-state index contributed by atoms with van der Waals surface area (Å²) in [6, 6.07) is 3.03. The molecular formula is C12H16N4O4. The Morgan fingerprint density at radius 2 is 2.30 bits per heavy atom. The van der Waals surface area contributed by atoms with Gasteiger partial charge in [0.25, 0.3) is 0 Å². The number of nitrogens with zero attached hydrogens (tertiary/aromatic N) is 3. The predicted octanol–water partition coefficient (Wildman–Crippen LogP) is 1.10. The van der Waals surface area contributed by atoms with Gasteiger partial charge >= 0.3 is 11.7 Å². The van der Waals surface area contributed by atoms with E-state index in [0.29, 0.717) is 12.4 Å². The second-order valence-corrected chi connectivity index (χ2v) is 4.50. The molecule has 0 aromatic carbocycles. The quantitative estimate of drug-likeness (QED) is 0.471. The number of hydrogen-bond acceptors (Lipinski definition) is 7. The van der Waals surface area contributed by atoms with Gasteiger partial charge in [-0.15, -0.1) is 0 Å². The van der Waals surface area contributed by atoms with Gasteiger partial charge in [-0.25, -0.2) is 4.98 Å². The summed E-state index contributed by atoms with van der Waals surface area (Å²) < 4.78 is 4.92. The fourth-order valence-electron chi connectivity index (χ4n) is 1.90. The second-order valence-electron chi connectivity index (χ2n) is 4.50. The predicted molar refractivity (Wildman–Crippen MR) is 72.3 cm³/mol. The van der Waals surface area contributed by atoms with Gasteiger partial charge in [0.1, 0.15) is 12.4 Å². The molecular weight excluding hydrogens is 264 g/mol. The van der Waals surface area contributed by atoms with Gasteiger partial charge < -0.3 is 15.4 Å². The molecule has 8 heteroatoms. The number of hydrogen-bond donors (Lipinski definition) is 1. The number of aromatic nitrogens is 1. The maximum atomic E-state index is 11.6. The lowest BCUT2D eigenvalue weighted by atomic mass is 10.3. The molecule has 108 valence electrons. The molecule has 1 saturated carbocycles. The third-order valence-corrected chi connectivity index (χ3v) is 2.97. The number of pyridine rings is 1. The largest absolute Gasteiger partial charge is 0.465 e. The van der Waals surface area contributed by atoms with Crippen molar-refractivity contribution in [2.24, 2.45) is 0 Å². The van der Waals surface area contributed by atoms with Gasteiger partial charge in [0.2, 0.25) is 5.82 Å². The van der Waals surface area contributed by atoms with Crippen LogP contribution in [0.5, 0.6) is 0 Å². The van der Waals surface area contributed by atoms with E-state index in [1.165, 1.54) is 12.1 Å². The minimum absolute atomic E-state index is 0.0722. The first kappa shape index (κ1) is 14.0. The highest BCUT2D eigenvalue weighted by Crippen LogP contribution is 2.32. The molecule has 2 rings (SSSR count). The molecule has 0 radical (unpaired) electrons. The van der Waals surface area contributed by atoms with Gasteiger partial charge in [0, 0.05) is 12.1 Å². The van der Waals surface area contributed by atoms with Crippen LogP contribution in [0.3, 0.4) is 0 Å². The summed E-state index contributed by atoms with van der Waals surface area (Å²) in [6.45, 7) is 2.12. The van der Waals surface area contributed by atoms with E-state index in [9.17, 15) is 14.9 Å². The fraction of sp³-hybridized carbons (Fsp3) is 0.500. The number of anilines is 2. The molecule has 0 unspecified atom stereocenters. The minimum atomic E-state index is -0.584. The van der Waals surface area contributed by atoms with Crippen LogP contribution in [0.4, 0.5) is 17.3 Å². The summed E-state index contributed by atoms with van der Waals surface area (Å²) in [5, 5.41) is 10.7. The molecule has 0 bridgehead atoms. The number of ether oxygens (including phenoxy) is 1. The number of nitro groups is 1. The normalized spacial score (nSPS) is 13.8. The number of nitrogens with two attached hydrogens (primary N) is 1. The molecule has 1 aliphatic carbocycles. The van der Waals surface area contributed by atoms with Crippen LogP contribution in [0.15, 0.2) is 12.1 Å². The SMILES string of the molecule is CCOC(=O)CN(c1ccc([N+](=O)[O-])c(N)n1)C1CC1. The zero-order chi connectivity index (χ0) is 14.7. The van der Waals surface area contributed by atoms with E-state index in [1.54, 1.807) is 11.8 Å². The van der Waals surface area contributed by atoms with Crippen LogP contribution in [0.2, 0.25) is 0 Å². The molecule has 1 aromatic rings. The first-order chi connectivity index (χ1) is 9.52. The molecule has 0 spiro atoms. The summed E-state index contributed by atoms with van der Waals surface area (Å²) in [5.41, 5.74) is 5.34. The molecule has 2 N–H and O–H groups in total. The number of esters is 1. The lowest BCUT2D eigenvalue weighted by Gasteiger charge is -2.22. The lowest BCUT2D eigenvalue weighted by molar-refractivity contribution is -0.384. The average Bonchev–Trinajstić information content (AvgIpc) is 3.20. The highest BCUT2D eigenvalue weighted by Gasteiger charge is 2.32. The molecule has 1 aliphatic rings. The maximum Gasteiger partial charge on any atom is 0.325 e. The van der Waals surface area contributed by atoms with Crippen molar-refractivity contribution in [1.82, 2.24) is 4.98 Å². The van der Waals surface area contributed by atoms with Crippen LogP contribution in [-0.2, 0) is 9.53 Å². The number of carbonyl (C=O) groups excluding carboxylic acids is 1. The summed E-state index contributed by atoms with van der Waals surface area (Å²) >= 11 is 0. The Morgan fingerprint density at radius 3 is 2.80 bits per heavy atom. The van der Waals surface area contributed by atoms with Crippen LogP contribution in [-0.4, -0.2) is 35.1 Å². The van der Waals surface area contributed by atoms with Crippen LogP contribution < -0.4 is 10.6 Å². The van der Waals surface area contributed by atoms with Gasteiger partial charge in [0.15, 0.2) is 0 Å². The average molecular weight is 280 g/mol. The second kappa shape index (κ2) is 5.72. The first-order valence-corrected chi connectivity index (χ1v) is 6.36. The topological polar surface area (TPSA) is 112 Å². The smallest absolute Gasteiger partial charge is 0.325 e. The summed E-state index contributed by atoms with van der Waals surface area (Å²) in [6.07, 6.45) is 1.91. The van der Waals surface area contributed by atoms with Gasteiger partial charge in [-0.05, 0) is 25.8 Å². The number of nitrogen functional groups attached to an aromatic ring is 1. The van der Waals surface area contributed by atoms with Gasteiger partial charge in [-0.1, -0.05) is 0 Å². The van der Waals surface area contributed by atoms with Gasteiger partial charge in [0.05, 0.1) is 11.5 Å². The molecule has 1 aromatic heterocycles. The molecule has 0 saturated heterocycles. The Balaban J connectivity index is 2.19. The third kappa shape index (κ3) is 3.14. The van der Waals surface area contributed by atoms with Crippen molar-refractivity contribution in [3.05, 3.63) is 22.2 Å². The van der Waals surface area contributed by atoms with Gasteiger partial charge in [-0.3, -0.25) is 14.9 Å². The zero-order valence-corrected chi connectivity index (χ0v) is 11.1. The monoisotopic (exact) mass is 280 g/mol. The highest BCUT2D eigenvalue weighted by molar-refractivity contribution is 5.76. The number of carbonyl (C=O) groups is 1. The highest BCUT2D eigenvalue weighted by atomic mass is 16.6. The standard InChI is InChI=1S/C12H16N4O4/c1-2-20-11(17)7-15(8-3-4-8)10-6-5-9(16(18)19)12(13)14-10/h5-6,8H,2-4,7H2,1H3,(H2,13,14). The Morgan fingerprint density at radius 1 is 1.60 bits per heavy atom. The van der Waals surface area contributed by atoms with Gasteiger partial charge in [-0.2, -0.15) is 0 Å². The summed E-state index contributed by atoms with van der Waals surface area (Å²) in [7, 11) is 0. The van der Waals surface area contributed by atoms with Crippen molar-refractivity contribution >= 4 is 23.3 Å². The van der Waals surface area contributed by atoms with Crippen molar-refractivity contribution in [1.29, 1.82) is 0 Å². The van der Waals surface area contributed by atoms with Crippen molar-refractivity contribution < 1.29 is 14.5 Å². The maximum absolute atomic E-state index is 11.6. The molecule has 20 heavy (non-hydrogen) atoms. The van der Waals surface area contributed by atoms with E-state index < -0.39 is 4.92 Å². The molecule has 0 amide bonds. The Hall–Kier alpha value is -2.38. The Kier molecular flexibility index (Phi) is 4.02. The Labute approximate surface area is 115 Å². The minimum Gasteiger partial charge on any atom is -0.465 e. The van der Waals surface area contributed by atoms with Crippen LogP contribution in [0.1, 0.15) is 19.8 Å². The van der Waals surface area contributed by atoms with Crippen LogP contribution in [0.25, 0.3) is 0 Å². The fourth-order valence-corrected chi connectivity index (χ4v) is 1.90. The van der Waals surface area contributed by atoms with E-state index >= 15 is 0 Å². The van der Waals surface area contributed by atoms with E-state index in [1.807, 2.05) is 0 Å². The number of rotatable bonds is 6. The molecule has 0 atom stereocenters. The lowest BCUT2D eigenvalue weighted by Crippen LogP contribution is -2.33. The van der Waals surface area contributed by atoms with E-state index in [2.05, 4.69) is 4.98 Å². The molecule has 1 heterocycles. The van der Waals surface area contributed by atoms with Crippen molar-refractivity contribution in [3.63, 3.8) is 0 Å². The van der Waals surface area contributed by atoms with E-state index in [4.69, 9.17) is 10.5 Å². The third-order valence-electron chi connectivity index (χ3n) is 2.97. The molecule has 8 nitrogen and oxygen atoms in total. The van der Waals surface area contributed by atoms with E-state index in [-0.39, 0.29) is 30.1 Å². The first-order valence-electron chi connectivity index (χ1n) is 6.36. The molecule has 1 fully saturated rings. The molecule has 0 aliphatic heterocycles. The zero-order valence-electron chi connectivity index (χ0n) is 11.1. The summed E-state index contributed by atoms with van der Waals surface area (Å²) in [5.74, 6) is -0.0382. The summed E-state index contributed by atoms with van der Waals surface area (Å²) in [4.78, 5) is 27.5. The van der Waals surface area contributed by atoms with Crippen LogP contribution in [0, 0.1) is 10.1 Å². The van der Waals surface area contributed by atoms with Crippen molar-refractivity contribution in [2.45, 2.75) is 25.8 Å². The van der Waals surface area contributed by atoms with Crippen molar-refractivity contribution in [2.75, 3.05) is 23.8 Å².